The van der Waals surface area contributed by atoms with Crippen LogP contribution >= 0.6 is 11.6 Å². The highest BCUT2D eigenvalue weighted by molar-refractivity contribution is 6.33. The molecular formula is C20H18ClN3O. The summed E-state index contributed by atoms with van der Waals surface area (Å²) in [5.74, 6) is -0.0214. The Kier molecular flexibility index (Phi) is 3.85. The first kappa shape index (κ1) is 15.9. The zero-order chi connectivity index (χ0) is 17.6. The van der Waals surface area contributed by atoms with Gasteiger partial charge in [0.1, 0.15) is 0 Å². The summed E-state index contributed by atoms with van der Waals surface area (Å²) in [6, 6.07) is 13.5. The first-order valence-electron chi connectivity index (χ1n) is 8.37. The Labute approximate surface area is 151 Å². The minimum Gasteiger partial charge on any atom is -0.397 e. The largest absolute Gasteiger partial charge is 0.397 e. The van der Waals surface area contributed by atoms with Crippen LogP contribution in [-0.4, -0.2) is 22.3 Å². The zero-order valence-electron chi connectivity index (χ0n) is 13.9. The number of carbonyl (C=O) groups excluding carboxylic acids is 1. The maximum atomic E-state index is 12.6. The van der Waals surface area contributed by atoms with Gasteiger partial charge in [-0.15, -0.1) is 0 Å². The predicted octanol–water partition coefficient (Wildman–Crippen LogP) is 4.50. The van der Waals surface area contributed by atoms with Gasteiger partial charge in [0.15, 0.2) is 0 Å². The van der Waals surface area contributed by atoms with E-state index < -0.39 is 0 Å². The van der Waals surface area contributed by atoms with Gasteiger partial charge in [0.25, 0.3) is 5.91 Å². The minimum atomic E-state index is -0.0214. The van der Waals surface area contributed by atoms with E-state index in [4.69, 9.17) is 22.3 Å². The number of amides is 1. The van der Waals surface area contributed by atoms with E-state index in [2.05, 4.69) is 6.92 Å². The molecule has 25 heavy (non-hydrogen) atoms. The lowest BCUT2D eigenvalue weighted by molar-refractivity contribution is 0.0779. The molecule has 4 nitrogen and oxygen atoms in total. The van der Waals surface area contributed by atoms with Gasteiger partial charge in [0.05, 0.1) is 29.0 Å². The Bertz CT molecular complexity index is 1000. The van der Waals surface area contributed by atoms with Crippen LogP contribution in [0.5, 0.6) is 0 Å². The number of para-hydroxylation sites is 1. The van der Waals surface area contributed by atoms with Crippen molar-refractivity contribution < 1.29 is 4.79 Å². The summed E-state index contributed by atoms with van der Waals surface area (Å²) in [6.45, 7) is 3.28. The number of fused-ring (bicyclic) bond motifs is 2. The molecule has 2 aromatic carbocycles. The summed E-state index contributed by atoms with van der Waals surface area (Å²) in [5, 5.41) is 1.46. The third kappa shape index (κ3) is 2.45. The Balaban J connectivity index is 1.97. The van der Waals surface area contributed by atoms with Crippen LogP contribution in [0.2, 0.25) is 5.02 Å². The number of rotatable bonds is 3. The van der Waals surface area contributed by atoms with Crippen LogP contribution in [0.3, 0.4) is 0 Å². The van der Waals surface area contributed by atoms with Crippen molar-refractivity contribution in [2.75, 3.05) is 12.3 Å². The van der Waals surface area contributed by atoms with Gasteiger partial charge in [0, 0.05) is 28.1 Å². The molecule has 5 heteroatoms. The van der Waals surface area contributed by atoms with Gasteiger partial charge in [-0.2, -0.15) is 0 Å². The quantitative estimate of drug-likeness (QED) is 0.755. The third-order valence-corrected chi connectivity index (χ3v) is 4.96. The molecule has 0 saturated carbocycles. The van der Waals surface area contributed by atoms with Crippen LogP contribution in [0, 0.1) is 0 Å². The molecule has 2 heterocycles. The lowest BCUT2D eigenvalue weighted by Gasteiger charge is -2.13. The fraction of sp³-hybridized carbons (Fsp3) is 0.200. The Morgan fingerprint density at radius 1 is 1.16 bits per heavy atom. The Hall–Kier alpha value is -2.59. The lowest BCUT2D eigenvalue weighted by atomic mass is 9.99. The van der Waals surface area contributed by atoms with E-state index >= 15 is 0 Å². The monoisotopic (exact) mass is 351 g/mol. The summed E-state index contributed by atoms with van der Waals surface area (Å²) < 4.78 is 0. The van der Waals surface area contributed by atoms with Crippen molar-refractivity contribution in [2.45, 2.75) is 19.9 Å². The van der Waals surface area contributed by atoms with Crippen molar-refractivity contribution in [1.29, 1.82) is 0 Å². The van der Waals surface area contributed by atoms with Crippen LogP contribution in [0.1, 0.15) is 29.4 Å². The van der Waals surface area contributed by atoms with Crippen molar-refractivity contribution >= 4 is 34.1 Å². The lowest BCUT2D eigenvalue weighted by Crippen LogP contribution is -2.24. The second-order valence-corrected chi connectivity index (χ2v) is 6.66. The van der Waals surface area contributed by atoms with Crippen LogP contribution in [0.15, 0.2) is 42.5 Å². The average Bonchev–Trinajstić information content (AvgIpc) is 2.92. The molecule has 0 aliphatic carbocycles. The van der Waals surface area contributed by atoms with E-state index in [1.807, 2.05) is 47.4 Å². The van der Waals surface area contributed by atoms with Crippen LogP contribution in [0.25, 0.3) is 22.0 Å². The van der Waals surface area contributed by atoms with E-state index in [0.717, 1.165) is 34.1 Å². The van der Waals surface area contributed by atoms with Crippen molar-refractivity contribution in [3.63, 3.8) is 0 Å². The fourth-order valence-electron chi connectivity index (χ4n) is 3.47. The molecule has 0 atom stereocenters. The van der Waals surface area contributed by atoms with Crippen molar-refractivity contribution in [3.05, 3.63) is 58.7 Å². The molecule has 0 unspecified atom stereocenters. The van der Waals surface area contributed by atoms with Gasteiger partial charge >= 0.3 is 0 Å². The maximum Gasteiger partial charge on any atom is 0.258 e. The number of halogens is 1. The second kappa shape index (κ2) is 6.05. The van der Waals surface area contributed by atoms with E-state index in [-0.39, 0.29) is 5.91 Å². The molecule has 4 rings (SSSR count). The van der Waals surface area contributed by atoms with E-state index in [1.54, 1.807) is 0 Å². The van der Waals surface area contributed by atoms with Crippen LogP contribution in [-0.2, 0) is 6.54 Å². The summed E-state index contributed by atoms with van der Waals surface area (Å²) in [6.07, 6.45) is 0.907. The molecule has 0 fully saturated rings. The molecule has 0 spiro atoms. The molecule has 1 aliphatic rings. The smallest absolute Gasteiger partial charge is 0.258 e. The number of anilines is 1. The topological polar surface area (TPSA) is 59.2 Å². The number of benzene rings is 2. The number of carbonyl (C=O) groups is 1. The zero-order valence-corrected chi connectivity index (χ0v) is 14.7. The van der Waals surface area contributed by atoms with Crippen LogP contribution in [0.4, 0.5) is 5.69 Å². The highest BCUT2D eigenvalue weighted by atomic mass is 35.5. The minimum absolute atomic E-state index is 0.0214. The number of nitrogen functional groups attached to an aromatic ring is 1. The van der Waals surface area contributed by atoms with Gasteiger partial charge in [-0.1, -0.05) is 54.9 Å². The van der Waals surface area contributed by atoms with Crippen molar-refractivity contribution in [2.24, 2.45) is 0 Å². The third-order valence-electron chi connectivity index (χ3n) is 4.63. The van der Waals surface area contributed by atoms with Gasteiger partial charge in [-0.3, -0.25) is 4.79 Å². The number of hydrogen-bond acceptors (Lipinski definition) is 3. The fourth-order valence-corrected chi connectivity index (χ4v) is 3.71. The van der Waals surface area contributed by atoms with E-state index in [0.29, 0.717) is 29.4 Å². The molecule has 1 amide bonds. The molecule has 0 bridgehead atoms. The molecule has 0 radical (unpaired) electrons. The highest BCUT2D eigenvalue weighted by Crippen LogP contribution is 2.38. The molecule has 1 aliphatic heterocycles. The molecule has 0 saturated heterocycles. The van der Waals surface area contributed by atoms with E-state index in [9.17, 15) is 4.79 Å². The first-order chi connectivity index (χ1) is 12.1. The number of aromatic nitrogens is 1. The molecule has 126 valence electrons. The number of nitrogens with zero attached hydrogens (tertiary/aromatic N) is 2. The van der Waals surface area contributed by atoms with Crippen molar-refractivity contribution in [1.82, 2.24) is 9.88 Å². The molecule has 1 aromatic heterocycles. The Morgan fingerprint density at radius 3 is 2.68 bits per heavy atom. The van der Waals surface area contributed by atoms with Crippen molar-refractivity contribution in [3.8, 4) is 11.1 Å². The first-order valence-corrected chi connectivity index (χ1v) is 8.75. The Morgan fingerprint density at radius 2 is 1.92 bits per heavy atom. The summed E-state index contributed by atoms with van der Waals surface area (Å²) in [4.78, 5) is 19.3. The van der Waals surface area contributed by atoms with Gasteiger partial charge < -0.3 is 10.6 Å². The van der Waals surface area contributed by atoms with Gasteiger partial charge in [-0.05, 0) is 12.5 Å². The van der Waals surface area contributed by atoms with Gasteiger partial charge in [0.2, 0.25) is 0 Å². The summed E-state index contributed by atoms with van der Waals surface area (Å²) >= 11 is 6.38. The molecular weight excluding hydrogens is 334 g/mol. The average molecular weight is 352 g/mol. The summed E-state index contributed by atoms with van der Waals surface area (Å²) in [5.41, 5.74) is 10.8. The highest BCUT2D eigenvalue weighted by Gasteiger charge is 2.31. The number of hydrogen-bond donors (Lipinski definition) is 1. The maximum absolute atomic E-state index is 12.6. The predicted molar refractivity (Wildman–Crippen MR) is 102 cm³/mol. The molecule has 3 aromatic rings. The number of pyridine rings is 1. The van der Waals surface area contributed by atoms with Crippen LogP contribution < -0.4 is 5.73 Å². The number of nitrogens with two attached hydrogens (primary N) is 1. The SMILES string of the molecule is CCCN1Cc2nc3c(-c4ccccc4Cl)cccc3c(N)c2C1=O. The standard InChI is InChI=1S/C20H18ClN3O/c1-2-10-24-11-16-17(20(24)25)18(22)14-8-5-7-13(19(14)23-16)12-6-3-4-9-15(12)21/h3-9H,2,10-11H2,1H3,(H2,22,23). The normalized spacial score (nSPS) is 13.5. The van der Waals surface area contributed by atoms with E-state index in [1.165, 1.54) is 0 Å². The molecule has 2 N–H and O–H groups in total. The summed E-state index contributed by atoms with van der Waals surface area (Å²) in [7, 11) is 0. The van der Waals surface area contributed by atoms with Gasteiger partial charge in [-0.25, -0.2) is 4.98 Å². The second-order valence-electron chi connectivity index (χ2n) is 6.26.